The summed E-state index contributed by atoms with van der Waals surface area (Å²) in [5.74, 6) is 6.53. The van der Waals surface area contributed by atoms with Gasteiger partial charge in [-0.2, -0.15) is 0 Å². The zero-order valence-electron chi connectivity index (χ0n) is 17.1. The maximum absolute atomic E-state index is 3.66. The zero-order valence-corrected chi connectivity index (χ0v) is 17.1. The van der Waals surface area contributed by atoms with Crippen LogP contribution in [0.3, 0.4) is 0 Å². The van der Waals surface area contributed by atoms with Crippen molar-refractivity contribution < 1.29 is 0 Å². The Morgan fingerprint density at radius 1 is 0.889 bits per heavy atom. The minimum Gasteiger partial charge on any atom is -0.383 e. The average molecular weight is 362 g/mol. The predicted molar refractivity (Wildman–Crippen MR) is 119 cm³/mol. The molecule has 0 bridgehead atoms. The number of hydrogen-bond acceptors (Lipinski definition) is 1. The van der Waals surface area contributed by atoms with E-state index in [4.69, 9.17) is 0 Å². The van der Waals surface area contributed by atoms with Gasteiger partial charge < -0.3 is 5.32 Å². The molecule has 0 saturated carbocycles. The molecular weight excluding hydrogens is 326 g/mol. The van der Waals surface area contributed by atoms with Crippen LogP contribution in [-0.2, 0) is 6.42 Å². The van der Waals surface area contributed by atoms with E-state index in [1.807, 2.05) is 18.2 Å². The van der Waals surface area contributed by atoms with Gasteiger partial charge in [0.05, 0.1) is 0 Å². The number of nitrogens with one attached hydrogen (secondary N) is 1. The van der Waals surface area contributed by atoms with Crippen LogP contribution >= 0.6 is 0 Å². The highest BCUT2D eigenvalue weighted by molar-refractivity contribution is 5.46. The Morgan fingerprint density at radius 3 is 2.56 bits per heavy atom. The van der Waals surface area contributed by atoms with Crippen molar-refractivity contribution in [1.29, 1.82) is 0 Å². The fraction of sp³-hybridized carbons (Fsp3) is 0.462. The molecule has 0 radical (unpaired) electrons. The number of unbranched alkanes of at least 4 members (excludes halogenated alkanes) is 5. The van der Waals surface area contributed by atoms with E-state index < -0.39 is 0 Å². The van der Waals surface area contributed by atoms with Crippen LogP contribution in [0, 0.1) is 11.8 Å². The van der Waals surface area contributed by atoms with Crippen molar-refractivity contribution in [2.24, 2.45) is 0 Å². The van der Waals surface area contributed by atoms with Crippen molar-refractivity contribution in [2.45, 2.75) is 77.7 Å². The lowest BCUT2D eigenvalue weighted by Crippen LogP contribution is -2.14. The van der Waals surface area contributed by atoms with Crippen LogP contribution in [0.2, 0.25) is 0 Å². The fourth-order valence-electron chi connectivity index (χ4n) is 3.28. The number of anilines is 1. The molecule has 1 heteroatoms. The standard InChI is InChI=1S/C26H35N/c1-3-4-5-10-19-25-20-14-21-26(22-25)27-23(2)15-9-6-7-11-16-24-17-12-8-13-18-24/h8,12-14,17-18,20-23,27H,3-7,9-10,15,19H2,1-2H3. The van der Waals surface area contributed by atoms with Crippen LogP contribution in [0.5, 0.6) is 0 Å². The third-order valence-corrected chi connectivity index (χ3v) is 4.85. The molecule has 27 heavy (non-hydrogen) atoms. The first-order valence-electron chi connectivity index (χ1n) is 10.7. The third-order valence-electron chi connectivity index (χ3n) is 4.85. The van der Waals surface area contributed by atoms with Gasteiger partial charge in [0.15, 0.2) is 0 Å². The van der Waals surface area contributed by atoms with Crippen molar-refractivity contribution in [1.82, 2.24) is 0 Å². The zero-order chi connectivity index (χ0) is 19.2. The number of benzene rings is 2. The second-order valence-electron chi connectivity index (χ2n) is 7.47. The molecule has 2 aromatic rings. The highest BCUT2D eigenvalue weighted by Crippen LogP contribution is 2.16. The first-order valence-corrected chi connectivity index (χ1v) is 10.7. The minimum atomic E-state index is 0.502. The second-order valence-corrected chi connectivity index (χ2v) is 7.47. The third kappa shape index (κ3) is 9.34. The molecule has 0 aliphatic carbocycles. The van der Waals surface area contributed by atoms with Crippen molar-refractivity contribution in [2.75, 3.05) is 5.32 Å². The van der Waals surface area contributed by atoms with Gasteiger partial charge in [0.2, 0.25) is 0 Å². The molecule has 1 N–H and O–H groups in total. The first kappa shape index (κ1) is 21.1. The molecule has 144 valence electrons. The molecule has 1 nitrogen and oxygen atoms in total. The molecule has 0 amide bonds. The summed E-state index contributed by atoms with van der Waals surface area (Å²) in [6.45, 7) is 4.55. The topological polar surface area (TPSA) is 12.0 Å². The predicted octanol–water partition coefficient (Wildman–Crippen LogP) is 7.22. The lowest BCUT2D eigenvalue weighted by molar-refractivity contribution is 0.630. The molecular formula is C26H35N. The van der Waals surface area contributed by atoms with Crippen LogP contribution < -0.4 is 5.32 Å². The molecule has 2 rings (SSSR count). The molecule has 0 aromatic heterocycles. The summed E-state index contributed by atoms with van der Waals surface area (Å²) in [5, 5.41) is 3.66. The van der Waals surface area contributed by atoms with Crippen LogP contribution in [0.15, 0.2) is 54.6 Å². The van der Waals surface area contributed by atoms with Crippen LogP contribution in [-0.4, -0.2) is 6.04 Å². The van der Waals surface area contributed by atoms with Gasteiger partial charge in [-0.3, -0.25) is 0 Å². The Morgan fingerprint density at radius 2 is 1.74 bits per heavy atom. The van der Waals surface area contributed by atoms with Gasteiger partial charge in [-0.25, -0.2) is 0 Å². The molecule has 1 atom stereocenters. The van der Waals surface area contributed by atoms with Crippen molar-refractivity contribution in [3.8, 4) is 11.8 Å². The smallest absolute Gasteiger partial charge is 0.0344 e. The van der Waals surface area contributed by atoms with Gasteiger partial charge in [-0.15, -0.1) is 0 Å². The van der Waals surface area contributed by atoms with E-state index in [2.05, 4.69) is 67.4 Å². The highest BCUT2D eigenvalue weighted by atomic mass is 14.9. The van der Waals surface area contributed by atoms with Crippen LogP contribution in [0.4, 0.5) is 5.69 Å². The van der Waals surface area contributed by atoms with Gasteiger partial charge in [-0.1, -0.05) is 74.8 Å². The molecule has 0 heterocycles. The summed E-state index contributed by atoms with van der Waals surface area (Å²) in [6, 6.07) is 19.7. The molecule has 0 fully saturated rings. The first-order chi connectivity index (χ1) is 13.3. The van der Waals surface area contributed by atoms with Gasteiger partial charge in [0.1, 0.15) is 0 Å². The number of rotatable bonds is 11. The van der Waals surface area contributed by atoms with Gasteiger partial charge >= 0.3 is 0 Å². The Balaban J connectivity index is 1.64. The van der Waals surface area contributed by atoms with Gasteiger partial charge in [-0.05, 0) is 62.4 Å². The summed E-state index contributed by atoms with van der Waals surface area (Å²) in [4.78, 5) is 0. The van der Waals surface area contributed by atoms with E-state index in [1.54, 1.807) is 0 Å². The minimum absolute atomic E-state index is 0.502. The van der Waals surface area contributed by atoms with Crippen molar-refractivity contribution in [3.63, 3.8) is 0 Å². The Hall–Kier alpha value is -2.20. The summed E-state index contributed by atoms with van der Waals surface area (Å²) in [7, 11) is 0. The summed E-state index contributed by atoms with van der Waals surface area (Å²) in [6.07, 6.45) is 11.1. The molecule has 0 aliphatic heterocycles. The van der Waals surface area contributed by atoms with Gasteiger partial charge in [0, 0.05) is 23.7 Å². The second kappa shape index (κ2) is 13.0. The summed E-state index contributed by atoms with van der Waals surface area (Å²) in [5.41, 5.74) is 3.83. The Kier molecular flexibility index (Phi) is 10.2. The van der Waals surface area contributed by atoms with Crippen molar-refractivity contribution >= 4 is 5.69 Å². The van der Waals surface area contributed by atoms with E-state index >= 15 is 0 Å². The summed E-state index contributed by atoms with van der Waals surface area (Å²) >= 11 is 0. The summed E-state index contributed by atoms with van der Waals surface area (Å²) < 4.78 is 0. The Bertz CT molecular complexity index is 693. The highest BCUT2D eigenvalue weighted by Gasteiger charge is 2.03. The number of aryl methyl sites for hydroxylation is 1. The quantitative estimate of drug-likeness (QED) is 0.329. The molecule has 0 saturated heterocycles. The van der Waals surface area contributed by atoms with Gasteiger partial charge in [0.25, 0.3) is 0 Å². The molecule has 1 unspecified atom stereocenters. The van der Waals surface area contributed by atoms with E-state index in [9.17, 15) is 0 Å². The van der Waals surface area contributed by atoms with E-state index in [0.29, 0.717) is 6.04 Å². The van der Waals surface area contributed by atoms with Crippen molar-refractivity contribution in [3.05, 3.63) is 65.7 Å². The maximum atomic E-state index is 3.66. The monoisotopic (exact) mass is 361 g/mol. The molecule has 0 aliphatic rings. The lowest BCUT2D eigenvalue weighted by atomic mass is 10.0. The normalized spacial score (nSPS) is 11.5. The SMILES string of the molecule is CCCCCCc1cccc(NC(C)CCCCC#Cc2ccccc2)c1. The average Bonchev–Trinajstić information content (AvgIpc) is 2.69. The Labute approximate surface area is 166 Å². The van der Waals surface area contributed by atoms with E-state index in [-0.39, 0.29) is 0 Å². The maximum Gasteiger partial charge on any atom is 0.0344 e. The molecule has 2 aromatic carbocycles. The lowest BCUT2D eigenvalue weighted by Gasteiger charge is -2.15. The fourth-order valence-corrected chi connectivity index (χ4v) is 3.28. The van der Waals surface area contributed by atoms with E-state index in [1.165, 1.54) is 62.6 Å². The number of hydrogen-bond donors (Lipinski definition) is 1. The van der Waals surface area contributed by atoms with Crippen LogP contribution in [0.1, 0.15) is 76.3 Å². The van der Waals surface area contributed by atoms with Crippen LogP contribution in [0.25, 0.3) is 0 Å². The largest absolute Gasteiger partial charge is 0.383 e. The molecule has 0 spiro atoms. The van der Waals surface area contributed by atoms with E-state index in [0.717, 1.165) is 12.0 Å².